The van der Waals surface area contributed by atoms with E-state index in [0.29, 0.717) is 37.1 Å². The molecule has 1 aliphatic rings. The van der Waals surface area contributed by atoms with Crippen molar-refractivity contribution in [2.45, 2.75) is 18.9 Å². The Kier molecular flexibility index (Phi) is 6.49. The van der Waals surface area contributed by atoms with E-state index in [1.165, 1.54) is 0 Å². The maximum atomic E-state index is 12.3. The van der Waals surface area contributed by atoms with E-state index in [1.54, 1.807) is 24.1 Å². The van der Waals surface area contributed by atoms with Gasteiger partial charge in [-0.3, -0.25) is 4.79 Å². The highest BCUT2D eigenvalue weighted by molar-refractivity contribution is 6.30. The van der Waals surface area contributed by atoms with Gasteiger partial charge in [0.2, 0.25) is 5.91 Å². The highest BCUT2D eigenvalue weighted by atomic mass is 35.5. The fraction of sp³-hybridized carbons (Fsp3) is 0.562. The van der Waals surface area contributed by atoms with E-state index in [0.717, 1.165) is 12.8 Å². The molecule has 0 bridgehead atoms. The van der Waals surface area contributed by atoms with Crippen LogP contribution < -0.4 is 10.5 Å². The summed E-state index contributed by atoms with van der Waals surface area (Å²) in [6.45, 7) is 2.27. The van der Waals surface area contributed by atoms with Crippen molar-refractivity contribution in [3.05, 3.63) is 29.3 Å². The van der Waals surface area contributed by atoms with Crippen molar-refractivity contribution in [2.75, 3.05) is 33.4 Å². The van der Waals surface area contributed by atoms with E-state index in [1.807, 2.05) is 12.1 Å². The van der Waals surface area contributed by atoms with E-state index in [-0.39, 0.29) is 11.8 Å². The van der Waals surface area contributed by atoms with Gasteiger partial charge in [-0.25, -0.2) is 0 Å². The number of ether oxygens (including phenoxy) is 2. The second-order valence-electron chi connectivity index (χ2n) is 5.54. The average Bonchev–Trinajstić information content (AvgIpc) is 2.54. The normalized spacial score (nSPS) is 17.0. The largest absolute Gasteiger partial charge is 0.492 e. The van der Waals surface area contributed by atoms with E-state index >= 15 is 0 Å². The minimum Gasteiger partial charge on any atom is -0.492 e. The Morgan fingerprint density at radius 3 is 2.91 bits per heavy atom. The first-order valence-electron chi connectivity index (χ1n) is 7.54. The summed E-state index contributed by atoms with van der Waals surface area (Å²) in [7, 11) is 1.75. The van der Waals surface area contributed by atoms with Crippen molar-refractivity contribution in [2.24, 2.45) is 11.7 Å². The monoisotopic (exact) mass is 326 g/mol. The van der Waals surface area contributed by atoms with Gasteiger partial charge in [-0.15, -0.1) is 0 Å². The zero-order valence-corrected chi connectivity index (χ0v) is 13.6. The lowest BCUT2D eigenvalue weighted by Gasteiger charge is -2.29. The molecule has 122 valence electrons. The number of nitrogens with two attached hydrogens (primary N) is 1. The summed E-state index contributed by atoms with van der Waals surface area (Å²) in [4.78, 5) is 14.0. The quantitative estimate of drug-likeness (QED) is 0.867. The van der Waals surface area contributed by atoms with Crippen LogP contribution in [0.4, 0.5) is 0 Å². The average molecular weight is 327 g/mol. The number of nitrogens with zero attached hydrogens (tertiary/aromatic N) is 1. The number of rotatable bonds is 6. The Labute approximate surface area is 136 Å². The summed E-state index contributed by atoms with van der Waals surface area (Å²) >= 11 is 5.89. The fourth-order valence-electron chi connectivity index (χ4n) is 2.50. The number of amides is 1. The van der Waals surface area contributed by atoms with Crippen molar-refractivity contribution in [1.29, 1.82) is 0 Å². The van der Waals surface area contributed by atoms with Crippen LogP contribution in [0.5, 0.6) is 5.75 Å². The Morgan fingerprint density at radius 1 is 1.50 bits per heavy atom. The van der Waals surface area contributed by atoms with Crippen LogP contribution in [-0.2, 0) is 9.53 Å². The standard InChI is InChI=1S/C16H23ClN2O3/c1-19(7-10-22-14-4-2-3-13(17)11-14)16(20)15(18)12-5-8-21-9-6-12/h2-4,11-12,15H,5-10,18H2,1H3. The van der Waals surface area contributed by atoms with Crippen LogP contribution in [0.25, 0.3) is 0 Å². The summed E-state index contributed by atoms with van der Waals surface area (Å²) in [6.07, 6.45) is 1.69. The number of hydrogen-bond donors (Lipinski definition) is 1. The molecule has 5 nitrogen and oxygen atoms in total. The third-order valence-electron chi connectivity index (χ3n) is 3.93. The van der Waals surface area contributed by atoms with Gasteiger partial charge in [-0.1, -0.05) is 17.7 Å². The molecular formula is C16H23ClN2O3. The number of carbonyl (C=O) groups is 1. The summed E-state index contributed by atoms with van der Waals surface area (Å²) < 4.78 is 10.9. The summed E-state index contributed by atoms with van der Waals surface area (Å²) in [5.41, 5.74) is 6.09. The highest BCUT2D eigenvalue weighted by Gasteiger charge is 2.28. The van der Waals surface area contributed by atoms with Crippen molar-refractivity contribution in [3.63, 3.8) is 0 Å². The summed E-state index contributed by atoms with van der Waals surface area (Å²) in [6, 6.07) is 6.74. The molecule has 1 atom stereocenters. The van der Waals surface area contributed by atoms with Crippen molar-refractivity contribution in [1.82, 2.24) is 4.90 Å². The van der Waals surface area contributed by atoms with Crippen LogP contribution in [0.15, 0.2) is 24.3 Å². The van der Waals surface area contributed by atoms with Gasteiger partial charge in [0.15, 0.2) is 0 Å². The molecule has 1 saturated heterocycles. The summed E-state index contributed by atoms with van der Waals surface area (Å²) in [5.74, 6) is 0.862. The zero-order valence-electron chi connectivity index (χ0n) is 12.8. The molecule has 1 amide bonds. The minimum atomic E-state index is -0.458. The Bertz CT molecular complexity index is 492. The number of benzene rings is 1. The summed E-state index contributed by atoms with van der Waals surface area (Å²) in [5, 5.41) is 0.628. The fourth-order valence-corrected chi connectivity index (χ4v) is 2.68. The molecule has 0 aromatic heterocycles. The Balaban J connectivity index is 1.76. The van der Waals surface area contributed by atoms with Crippen LogP contribution in [0.1, 0.15) is 12.8 Å². The smallest absolute Gasteiger partial charge is 0.239 e. The molecule has 6 heteroatoms. The molecule has 2 N–H and O–H groups in total. The maximum absolute atomic E-state index is 12.3. The maximum Gasteiger partial charge on any atom is 0.239 e. The number of likely N-dealkylation sites (N-methyl/N-ethyl adjacent to an activating group) is 1. The van der Waals surface area contributed by atoms with Gasteiger partial charge >= 0.3 is 0 Å². The van der Waals surface area contributed by atoms with Crippen LogP contribution in [-0.4, -0.2) is 50.3 Å². The minimum absolute atomic E-state index is 0.0402. The van der Waals surface area contributed by atoms with Gasteiger partial charge < -0.3 is 20.1 Å². The molecule has 1 aromatic rings. The first-order chi connectivity index (χ1) is 10.6. The lowest BCUT2D eigenvalue weighted by atomic mass is 9.91. The third kappa shape index (κ3) is 4.87. The van der Waals surface area contributed by atoms with Crippen LogP contribution in [0.2, 0.25) is 5.02 Å². The molecule has 2 rings (SSSR count). The van der Waals surface area contributed by atoms with Crippen molar-refractivity contribution >= 4 is 17.5 Å². The van der Waals surface area contributed by atoms with E-state index < -0.39 is 6.04 Å². The van der Waals surface area contributed by atoms with Crippen LogP contribution in [0.3, 0.4) is 0 Å². The Hall–Kier alpha value is -1.30. The second-order valence-corrected chi connectivity index (χ2v) is 5.98. The van der Waals surface area contributed by atoms with Gasteiger partial charge in [0, 0.05) is 25.3 Å². The predicted molar refractivity (Wildman–Crippen MR) is 86.1 cm³/mol. The Morgan fingerprint density at radius 2 is 2.23 bits per heavy atom. The van der Waals surface area contributed by atoms with Gasteiger partial charge in [0.1, 0.15) is 12.4 Å². The second kappa shape index (κ2) is 8.36. The molecule has 0 spiro atoms. The number of carbonyl (C=O) groups excluding carboxylic acids is 1. The molecule has 1 aliphatic heterocycles. The molecule has 0 aliphatic carbocycles. The molecule has 1 heterocycles. The molecule has 1 aromatic carbocycles. The molecule has 22 heavy (non-hydrogen) atoms. The van der Waals surface area contributed by atoms with E-state index in [4.69, 9.17) is 26.8 Å². The first kappa shape index (κ1) is 17.1. The SMILES string of the molecule is CN(CCOc1cccc(Cl)c1)C(=O)C(N)C1CCOCC1. The molecule has 1 fully saturated rings. The number of hydrogen-bond acceptors (Lipinski definition) is 4. The topological polar surface area (TPSA) is 64.8 Å². The number of halogens is 1. The predicted octanol–water partition coefficient (Wildman–Crippen LogP) is 1.93. The van der Waals surface area contributed by atoms with Crippen LogP contribution in [0, 0.1) is 5.92 Å². The van der Waals surface area contributed by atoms with Gasteiger partial charge in [-0.05, 0) is 37.0 Å². The van der Waals surface area contributed by atoms with Crippen molar-refractivity contribution < 1.29 is 14.3 Å². The molecule has 1 unspecified atom stereocenters. The van der Waals surface area contributed by atoms with Crippen LogP contribution >= 0.6 is 11.6 Å². The highest BCUT2D eigenvalue weighted by Crippen LogP contribution is 2.19. The molecular weight excluding hydrogens is 304 g/mol. The third-order valence-corrected chi connectivity index (χ3v) is 4.16. The van der Waals surface area contributed by atoms with Crippen molar-refractivity contribution in [3.8, 4) is 5.75 Å². The van der Waals surface area contributed by atoms with Gasteiger partial charge in [0.05, 0.1) is 12.6 Å². The van der Waals surface area contributed by atoms with E-state index in [9.17, 15) is 4.79 Å². The van der Waals surface area contributed by atoms with Gasteiger partial charge in [0.25, 0.3) is 0 Å². The lowest BCUT2D eigenvalue weighted by Crippen LogP contribution is -2.48. The first-order valence-corrected chi connectivity index (χ1v) is 7.92. The molecule has 0 saturated carbocycles. The lowest BCUT2D eigenvalue weighted by molar-refractivity contribution is -0.133. The zero-order chi connectivity index (χ0) is 15.9. The van der Waals surface area contributed by atoms with Gasteiger partial charge in [-0.2, -0.15) is 0 Å². The molecule has 0 radical (unpaired) electrons. The van der Waals surface area contributed by atoms with E-state index in [2.05, 4.69) is 0 Å².